The van der Waals surface area contributed by atoms with Gasteiger partial charge >= 0.3 is 0 Å². The van der Waals surface area contributed by atoms with Gasteiger partial charge in [-0.1, -0.05) is 24.3 Å². The van der Waals surface area contributed by atoms with E-state index in [0.29, 0.717) is 0 Å². The molecule has 0 heterocycles. The predicted molar refractivity (Wildman–Crippen MR) is 64.8 cm³/mol. The van der Waals surface area contributed by atoms with Gasteiger partial charge in [0.25, 0.3) is 0 Å². The van der Waals surface area contributed by atoms with Crippen LogP contribution in [0.25, 0.3) is 10.8 Å². The van der Waals surface area contributed by atoms with E-state index in [9.17, 15) is 0 Å². The molecule has 0 saturated carbocycles. The maximum absolute atomic E-state index is 5.39. The van der Waals surface area contributed by atoms with Crippen LogP contribution in [-0.4, -0.2) is 21.2 Å². The van der Waals surface area contributed by atoms with Crippen molar-refractivity contribution in [1.29, 1.82) is 0 Å². The topological polar surface area (TPSA) is 12.5 Å². The van der Waals surface area contributed by atoms with Crippen LogP contribution in [0.4, 0.5) is 5.69 Å². The molecule has 0 aliphatic rings. The van der Waals surface area contributed by atoms with Gasteiger partial charge < -0.3 is 9.64 Å². The molecule has 2 rings (SSSR count). The molecule has 0 atom stereocenters. The molecule has 2 nitrogen and oxygen atoms in total. The number of ether oxygens (including phenoxy) is 1. The molecule has 0 N–H and O–H groups in total. The summed E-state index contributed by atoms with van der Waals surface area (Å²) in [6.07, 6.45) is 0. The molecule has 0 fully saturated rings. The lowest BCUT2D eigenvalue weighted by Crippen LogP contribution is -2.08. The fourth-order valence-electron chi connectivity index (χ4n) is 1.69. The van der Waals surface area contributed by atoms with Crippen LogP contribution in [0.3, 0.4) is 0 Å². The normalized spacial score (nSPS) is 10.3. The summed E-state index contributed by atoms with van der Waals surface area (Å²) in [7, 11) is 5.77. The van der Waals surface area contributed by atoms with E-state index in [0.717, 1.165) is 16.8 Å². The molecule has 2 aromatic carbocycles. The quantitative estimate of drug-likeness (QED) is 0.740. The highest BCUT2D eigenvalue weighted by molar-refractivity contribution is 5.91. The minimum absolute atomic E-state index is 0.928. The molecule has 0 aliphatic heterocycles. The van der Waals surface area contributed by atoms with E-state index in [-0.39, 0.29) is 0 Å². The van der Waals surface area contributed by atoms with Gasteiger partial charge in [-0.25, -0.2) is 0 Å². The lowest BCUT2D eigenvalue weighted by atomic mass is 10.1. The SMILES string of the molecule is COc1cc(N(C)C)cc2ccccc12. The first kappa shape index (κ1) is 9.84. The largest absolute Gasteiger partial charge is 0.496 e. The maximum Gasteiger partial charge on any atom is 0.128 e. The highest BCUT2D eigenvalue weighted by Crippen LogP contribution is 2.30. The van der Waals surface area contributed by atoms with Crippen LogP contribution in [0.2, 0.25) is 0 Å². The number of rotatable bonds is 2. The van der Waals surface area contributed by atoms with Crippen LogP contribution >= 0.6 is 0 Å². The average Bonchev–Trinajstić information content (AvgIpc) is 2.27. The monoisotopic (exact) mass is 201 g/mol. The number of anilines is 1. The number of hydrogen-bond donors (Lipinski definition) is 0. The molecule has 15 heavy (non-hydrogen) atoms. The summed E-state index contributed by atoms with van der Waals surface area (Å²) < 4.78 is 5.39. The summed E-state index contributed by atoms with van der Waals surface area (Å²) in [6.45, 7) is 0. The van der Waals surface area contributed by atoms with E-state index in [2.05, 4.69) is 29.2 Å². The summed E-state index contributed by atoms with van der Waals surface area (Å²) in [5.74, 6) is 0.928. The van der Waals surface area contributed by atoms with Crippen molar-refractivity contribution in [3.63, 3.8) is 0 Å². The van der Waals surface area contributed by atoms with Crippen LogP contribution in [0, 0.1) is 0 Å². The fourth-order valence-corrected chi connectivity index (χ4v) is 1.69. The number of methoxy groups -OCH3 is 1. The van der Waals surface area contributed by atoms with E-state index in [1.807, 2.05) is 26.2 Å². The third-order valence-electron chi connectivity index (χ3n) is 2.54. The zero-order valence-electron chi connectivity index (χ0n) is 9.32. The second kappa shape index (κ2) is 3.81. The van der Waals surface area contributed by atoms with Gasteiger partial charge in [-0.3, -0.25) is 0 Å². The summed E-state index contributed by atoms with van der Waals surface area (Å²) in [5.41, 5.74) is 1.16. The summed E-state index contributed by atoms with van der Waals surface area (Å²) in [6, 6.07) is 12.5. The van der Waals surface area contributed by atoms with Gasteiger partial charge in [-0.15, -0.1) is 0 Å². The Hall–Kier alpha value is -1.70. The van der Waals surface area contributed by atoms with Crippen LogP contribution in [0.1, 0.15) is 0 Å². The van der Waals surface area contributed by atoms with Gasteiger partial charge in [0.15, 0.2) is 0 Å². The van der Waals surface area contributed by atoms with E-state index >= 15 is 0 Å². The van der Waals surface area contributed by atoms with E-state index in [4.69, 9.17) is 4.74 Å². The Morgan fingerprint density at radius 1 is 1.07 bits per heavy atom. The van der Waals surface area contributed by atoms with E-state index in [1.165, 1.54) is 5.39 Å². The minimum Gasteiger partial charge on any atom is -0.496 e. The van der Waals surface area contributed by atoms with Crippen LogP contribution in [0.5, 0.6) is 5.75 Å². The number of benzene rings is 2. The third kappa shape index (κ3) is 1.75. The molecule has 0 amide bonds. The zero-order valence-corrected chi connectivity index (χ0v) is 9.32. The molecular weight excluding hydrogens is 186 g/mol. The molecule has 0 aliphatic carbocycles. The van der Waals surface area contributed by atoms with Gasteiger partial charge in [0.1, 0.15) is 5.75 Å². The molecule has 78 valence electrons. The molecular formula is C13H15NO. The number of nitrogens with zero attached hydrogens (tertiary/aromatic N) is 1. The molecule has 2 heteroatoms. The summed E-state index contributed by atoms with van der Waals surface area (Å²) in [5, 5.41) is 2.37. The van der Waals surface area contributed by atoms with Crippen molar-refractivity contribution in [3.8, 4) is 5.75 Å². The van der Waals surface area contributed by atoms with Crippen LogP contribution < -0.4 is 9.64 Å². The number of fused-ring (bicyclic) bond motifs is 1. The molecule has 0 bridgehead atoms. The second-order valence-corrected chi connectivity index (χ2v) is 3.76. The highest BCUT2D eigenvalue weighted by Gasteiger charge is 2.04. The van der Waals surface area contributed by atoms with E-state index < -0.39 is 0 Å². The molecule has 0 radical (unpaired) electrons. The standard InChI is InChI=1S/C13H15NO/c1-14(2)11-8-10-6-4-5-7-12(10)13(9-11)15-3/h4-9H,1-3H3. The Bertz CT molecular complexity index is 477. The summed E-state index contributed by atoms with van der Waals surface area (Å²) in [4.78, 5) is 2.08. The van der Waals surface area contributed by atoms with Crippen molar-refractivity contribution in [2.24, 2.45) is 0 Å². The first-order valence-corrected chi connectivity index (χ1v) is 4.96. The Morgan fingerprint density at radius 2 is 1.80 bits per heavy atom. The lowest BCUT2D eigenvalue weighted by molar-refractivity contribution is 0.420. The second-order valence-electron chi connectivity index (χ2n) is 3.76. The predicted octanol–water partition coefficient (Wildman–Crippen LogP) is 2.91. The first-order valence-electron chi connectivity index (χ1n) is 4.96. The van der Waals surface area contributed by atoms with Gasteiger partial charge in [-0.05, 0) is 11.5 Å². The van der Waals surface area contributed by atoms with Gasteiger partial charge in [0.05, 0.1) is 7.11 Å². The Labute approximate surface area is 90.1 Å². The Kier molecular flexibility index (Phi) is 2.50. The third-order valence-corrected chi connectivity index (χ3v) is 2.54. The highest BCUT2D eigenvalue weighted by atomic mass is 16.5. The van der Waals surface area contributed by atoms with Gasteiger partial charge in [-0.2, -0.15) is 0 Å². The Morgan fingerprint density at radius 3 is 2.47 bits per heavy atom. The van der Waals surface area contributed by atoms with Gasteiger partial charge in [0.2, 0.25) is 0 Å². The van der Waals surface area contributed by atoms with Crippen LogP contribution in [-0.2, 0) is 0 Å². The van der Waals surface area contributed by atoms with Gasteiger partial charge in [0, 0.05) is 31.2 Å². The zero-order chi connectivity index (χ0) is 10.8. The Balaban J connectivity index is 2.71. The van der Waals surface area contributed by atoms with Crippen molar-refractivity contribution in [1.82, 2.24) is 0 Å². The van der Waals surface area contributed by atoms with Crippen LogP contribution in [0.15, 0.2) is 36.4 Å². The molecule has 2 aromatic rings. The molecule has 0 aromatic heterocycles. The molecule has 0 spiro atoms. The van der Waals surface area contributed by atoms with Crippen molar-refractivity contribution in [2.75, 3.05) is 26.1 Å². The van der Waals surface area contributed by atoms with Crippen molar-refractivity contribution in [2.45, 2.75) is 0 Å². The minimum atomic E-state index is 0.928. The van der Waals surface area contributed by atoms with E-state index in [1.54, 1.807) is 7.11 Å². The lowest BCUT2D eigenvalue weighted by Gasteiger charge is -2.15. The molecule has 0 unspecified atom stereocenters. The summed E-state index contributed by atoms with van der Waals surface area (Å²) >= 11 is 0. The van der Waals surface area contributed by atoms with Crippen molar-refractivity contribution in [3.05, 3.63) is 36.4 Å². The first-order chi connectivity index (χ1) is 7.22. The molecule has 0 saturated heterocycles. The number of hydrogen-bond acceptors (Lipinski definition) is 2. The van der Waals surface area contributed by atoms with Crippen molar-refractivity contribution < 1.29 is 4.74 Å². The average molecular weight is 201 g/mol. The smallest absolute Gasteiger partial charge is 0.128 e. The van der Waals surface area contributed by atoms with Crippen molar-refractivity contribution >= 4 is 16.5 Å². The maximum atomic E-state index is 5.39. The fraction of sp³-hybridized carbons (Fsp3) is 0.231.